The third-order valence-corrected chi connectivity index (χ3v) is 4.03. The fourth-order valence-electron chi connectivity index (χ4n) is 2.07. The molecule has 0 aliphatic heterocycles. The zero-order valence-corrected chi connectivity index (χ0v) is 11.7. The molecule has 3 rings (SSSR count). The van der Waals surface area contributed by atoms with Gasteiger partial charge in [0, 0.05) is 11.1 Å². The van der Waals surface area contributed by atoms with Crippen LogP contribution in [-0.2, 0) is 10.0 Å². The lowest BCUT2D eigenvalue weighted by molar-refractivity contribution is 0.432. The van der Waals surface area contributed by atoms with Crippen LogP contribution in [0.15, 0.2) is 70.2 Å². The van der Waals surface area contributed by atoms with E-state index in [-0.39, 0.29) is 4.90 Å². The molecule has 0 aliphatic carbocycles. The van der Waals surface area contributed by atoms with Crippen molar-refractivity contribution in [1.82, 2.24) is 5.16 Å². The molecule has 6 heteroatoms. The molecule has 0 radical (unpaired) electrons. The fourth-order valence-corrected chi connectivity index (χ4v) is 2.58. The predicted molar refractivity (Wildman–Crippen MR) is 78.7 cm³/mol. The number of hydrogen-bond acceptors (Lipinski definition) is 4. The molecule has 1 aromatic heterocycles. The summed E-state index contributed by atoms with van der Waals surface area (Å²) in [5.74, 6) is 0.638. The second kappa shape index (κ2) is 5.16. The molecule has 0 saturated carbocycles. The number of primary sulfonamides is 1. The van der Waals surface area contributed by atoms with Gasteiger partial charge in [0.15, 0.2) is 5.76 Å². The summed E-state index contributed by atoms with van der Waals surface area (Å²) < 4.78 is 27.8. The standard InChI is InChI=1S/C15H12N2O3S/c16-21(18,19)13-8-6-11(7-9-13)14-10-17-20-15(14)12-4-2-1-3-5-12/h1-10H,(H2,16,18,19). The number of sulfonamides is 1. The number of benzene rings is 2. The van der Waals surface area contributed by atoms with Crippen LogP contribution in [0.3, 0.4) is 0 Å². The molecule has 3 aromatic rings. The number of rotatable bonds is 3. The van der Waals surface area contributed by atoms with Crippen molar-refractivity contribution in [3.05, 3.63) is 60.8 Å². The molecule has 0 saturated heterocycles. The Balaban J connectivity index is 2.05. The molecule has 0 aliphatic rings. The maximum absolute atomic E-state index is 11.3. The van der Waals surface area contributed by atoms with Crippen LogP contribution in [0.2, 0.25) is 0 Å². The van der Waals surface area contributed by atoms with E-state index in [4.69, 9.17) is 9.66 Å². The average Bonchev–Trinajstić information content (AvgIpc) is 2.97. The Morgan fingerprint density at radius 2 is 1.57 bits per heavy atom. The molecule has 106 valence electrons. The molecular weight excluding hydrogens is 288 g/mol. The molecule has 21 heavy (non-hydrogen) atoms. The van der Waals surface area contributed by atoms with E-state index >= 15 is 0 Å². The van der Waals surface area contributed by atoms with Crippen LogP contribution in [0, 0.1) is 0 Å². The molecule has 0 bridgehead atoms. The highest BCUT2D eigenvalue weighted by Gasteiger charge is 2.13. The van der Waals surface area contributed by atoms with E-state index in [2.05, 4.69) is 5.16 Å². The monoisotopic (exact) mass is 300 g/mol. The summed E-state index contributed by atoms with van der Waals surface area (Å²) in [7, 11) is -3.69. The quantitative estimate of drug-likeness (QED) is 0.805. The minimum absolute atomic E-state index is 0.0731. The summed E-state index contributed by atoms with van der Waals surface area (Å²) in [5, 5.41) is 8.92. The third-order valence-electron chi connectivity index (χ3n) is 3.10. The van der Waals surface area contributed by atoms with Crippen molar-refractivity contribution in [3.63, 3.8) is 0 Å². The van der Waals surface area contributed by atoms with Crippen LogP contribution in [0.1, 0.15) is 0 Å². The van der Waals surface area contributed by atoms with Gasteiger partial charge in [-0.1, -0.05) is 47.6 Å². The lowest BCUT2D eigenvalue weighted by Crippen LogP contribution is -2.11. The van der Waals surface area contributed by atoms with Crippen LogP contribution < -0.4 is 5.14 Å². The van der Waals surface area contributed by atoms with Gasteiger partial charge >= 0.3 is 0 Å². The zero-order valence-electron chi connectivity index (χ0n) is 10.9. The Morgan fingerprint density at radius 1 is 0.905 bits per heavy atom. The lowest BCUT2D eigenvalue weighted by atomic mass is 10.0. The van der Waals surface area contributed by atoms with Crippen molar-refractivity contribution in [3.8, 4) is 22.5 Å². The molecule has 0 amide bonds. The summed E-state index contributed by atoms with van der Waals surface area (Å²) >= 11 is 0. The van der Waals surface area contributed by atoms with E-state index in [1.807, 2.05) is 30.3 Å². The molecule has 2 N–H and O–H groups in total. The Morgan fingerprint density at radius 3 is 2.19 bits per heavy atom. The molecular formula is C15H12N2O3S. The molecule has 0 atom stereocenters. The maximum atomic E-state index is 11.3. The molecule has 5 nitrogen and oxygen atoms in total. The van der Waals surface area contributed by atoms with Gasteiger partial charge in [0.1, 0.15) is 0 Å². The van der Waals surface area contributed by atoms with Crippen LogP contribution in [0.25, 0.3) is 22.5 Å². The zero-order chi connectivity index (χ0) is 14.9. The predicted octanol–water partition coefficient (Wildman–Crippen LogP) is 2.66. The smallest absolute Gasteiger partial charge is 0.238 e. The molecule has 0 unspecified atom stereocenters. The van der Waals surface area contributed by atoms with E-state index in [0.717, 1.165) is 16.7 Å². The van der Waals surface area contributed by atoms with Crippen molar-refractivity contribution in [1.29, 1.82) is 0 Å². The Labute approximate surface area is 122 Å². The summed E-state index contributed by atoms with van der Waals surface area (Å²) in [4.78, 5) is 0.0731. The van der Waals surface area contributed by atoms with Gasteiger partial charge in [-0.3, -0.25) is 0 Å². The summed E-state index contributed by atoms with van der Waals surface area (Å²) in [6, 6.07) is 15.9. The normalized spacial score (nSPS) is 11.5. The molecule has 2 aromatic carbocycles. The van der Waals surface area contributed by atoms with Crippen molar-refractivity contribution in [2.75, 3.05) is 0 Å². The van der Waals surface area contributed by atoms with Gasteiger partial charge in [0.2, 0.25) is 10.0 Å². The van der Waals surface area contributed by atoms with Crippen molar-refractivity contribution < 1.29 is 12.9 Å². The van der Waals surface area contributed by atoms with Gasteiger partial charge in [-0.05, 0) is 17.7 Å². The van der Waals surface area contributed by atoms with Crippen LogP contribution in [0.4, 0.5) is 0 Å². The van der Waals surface area contributed by atoms with Gasteiger partial charge in [-0.25, -0.2) is 13.6 Å². The van der Waals surface area contributed by atoms with E-state index in [9.17, 15) is 8.42 Å². The Kier molecular flexibility index (Phi) is 3.32. The fraction of sp³-hybridized carbons (Fsp3) is 0. The number of hydrogen-bond donors (Lipinski definition) is 1. The molecule has 0 fully saturated rings. The average molecular weight is 300 g/mol. The Hall–Kier alpha value is -2.44. The first kappa shape index (κ1) is 13.5. The van der Waals surface area contributed by atoms with Gasteiger partial charge in [-0.2, -0.15) is 0 Å². The van der Waals surface area contributed by atoms with E-state index in [0.29, 0.717) is 5.76 Å². The number of nitrogens with zero attached hydrogens (tertiary/aromatic N) is 1. The van der Waals surface area contributed by atoms with E-state index in [1.54, 1.807) is 18.3 Å². The first-order valence-electron chi connectivity index (χ1n) is 6.19. The minimum atomic E-state index is -3.69. The largest absolute Gasteiger partial charge is 0.356 e. The third kappa shape index (κ3) is 2.72. The maximum Gasteiger partial charge on any atom is 0.238 e. The minimum Gasteiger partial charge on any atom is -0.356 e. The lowest BCUT2D eigenvalue weighted by Gasteiger charge is -2.03. The number of aromatic nitrogens is 1. The molecule has 1 heterocycles. The highest BCUT2D eigenvalue weighted by molar-refractivity contribution is 7.89. The summed E-state index contributed by atoms with van der Waals surface area (Å²) in [5.41, 5.74) is 2.50. The van der Waals surface area contributed by atoms with Gasteiger partial charge in [0.25, 0.3) is 0 Å². The van der Waals surface area contributed by atoms with Crippen LogP contribution >= 0.6 is 0 Å². The summed E-state index contributed by atoms with van der Waals surface area (Å²) in [6.07, 6.45) is 1.61. The second-order valence-electron chi connectivity index (χ2n) is 4.50. The Bertz CT molecular complexity index is 853. The first-order valence-corrected chi connectivity index (χ1v) is 7.74. The van der Waals surface area contributed by atoms with Gasteiger partial charge < -0.3 is 4.52 Å². The highest BCUT2D eigenvalue weighted by Crippen LogP contribution is 2.32. The van der Waals surface area contributed by atoms with Gasteiger partial charge in [-0.15, -0.1) is 0 Å². The van der Waals surface area contributed by atoms with Crippen molar-refractivity contribution in [2.24, 2.45) is 5.14 Å². The highest BCUT2D eigenvalue weighted by atomic mass is 32.2. The SMILES string of the molecule is NS(=O)(=O)c1ccc(-c2cnoc2-c2ccccc2)cc1. The van der Waals surface area contributed by atoms with Gasteiger partial charge in [0.05, 0.1) is 11.1 Å². The topological polar surface area (TPSA) is 86.2 Å². The number of nitrogens with two attached hydrogens (primary N) is 1. The van der Waals surface area contributed by atoms with Crippen molar-refractivity contribution in [2.45, 2.75) is 4.90 Å². The summed E-state index contributed by atoms with van der Waals surface area (Å²) in [6.45, 7) is 0. The second-order valence-corrected chi connectivity index (χ2v) is 6.07. The van der Waals surface area contributed by atoms with Crippen molar-refractivity contribution >= 4 is 10.0 Å². The molecule has 0 spiro atoms. The van der Waals surface area contributed by atoms with Crippen LogP contribution in [-0.4, -0.2) is 13.6 Å². The van der Waals surface area contributed by atoms with E-state index in [1.165, 1.54) is 12.1 Å². The first-order chi connectivity index (χ1) is 10.1. The van der Waals surface area contributed by atoms with Crippen LogP contribution in [0.5, 0.6) is 0 Å². The van der Waals surface area contributed by atoms with E-state index < -0.39 is 10.0 Å².